The summed E-state index contributed by atoms with van der Waals surface area (Å²) in [5.41, 5.74) is 1.64. The summed E-state index contributed by atoms with van der Waals surface area (Å²) in [5.74, 6) is 1.83. The first-order valence-corrected chi connectivity index (χ1v) is 8.23. The molecule has 5 heteroatoms. The lowest BCUT2D eigenvalue weighted by molar-refractivity contribution is 0.0971. The fourth-order valence-electron chi connectivity index (χ4n) is 2.43. The van der Waals surface area contributed by atoms with E-state index >= 15 is 0 Å². The smallest absolute Gasteiger partial charge is 0.188 e. The highest BCUT2D eigenvalue weighted by Crippen LogP contribution is 2.30. The van der Waals surface area contributed by atoms with Gasteiger partial charge >= 0.3 is 0 Å². The average molecular weight is 327 g/mol. The Morgan fingerprint density at radius 3 is 2.52 bits per heavy atom. The number of thioether (sulfide) groups is 1. The van der Waals surface area contributed by atoms with E-state index in [1.807, 2.05) is 30.3 Å². The monoisotopic (exact) mass is 327 g/mol. The Labute approximate surface area is 139 Å². The molecule has 0 aromatic heterocycles. The van der Waals surface area contributed by atoms with Gasteiger partial charge in [0.2, 0.25) is 0 Å². The van der Waals surface area contributed by atoms with E-state index in [2.05, 4.69) is 4.99 Å². The minimum atomic E-state index is -0.353. The van der Waals surface area contributed by atoms with Crippen LogP contribution in [0.15, 0.2) is 53.5 Å². The summed E-state index contributed by atoms with van der Waals surface area (Å²) in [7, 11) is 3.13. The van der Waals surface area contributed by atoms with Crippen molar-refractivity contribution in [2.45, 2.75) is 6.04 Å². The molecular weight excluding hydrogens is 310 g/mol. The molecular formula is C18H17NO3S. The van der Waals surface area contributed by atoms with Crippen LogP contribution in [0.4, 0.5) is 0 Å². The molecule has 0 radical (unpaired) electrons. The van der Waals surface area contributed by atoms with Crippen LogP contribution in [0.3, 0.4) is 0 Å². The van der Waals surface area contributed by atoms with Crippen LogP contribution in [0.2, 0.25) is 0 Å². The molecule has 0 amide bonds. The molecule has 23 heavy (non-hydrogen) atoms. The van der Waals surface area contributed by atoms with E-state index in [4.69, 9.17) is 9.47 Å². The number of carbonyl (C=O) groups is 1. The van der Waals surface area contributed by atoms with E-state index in [9.17, 15) is 4.79 Å². The minimum absolute atomic E-state index is 0.00406. The van der Waals surface area contributed by atoms with Crippen LogP contribution in [0.5, 0.6) is 11.5 Å². The zero-order valence-corrected chi connectivity index (χ0v) is 13.8. The van der Waals surface area contributed by atoms with Crippen LogP contribution in [0.25, 0.3) is 0 Å². The van der Waals surface area contributed by atoms with Crippen molar-refractivity contribution in [3.63, 3.8) is 0 Å². The van der Waals surface area contributed by atoms with Crippen LogP contribution < -0.4 is 9.47 Å². The third-order valence-electron chi connectivity index (χ3n) is 3.64. The van der Waals surface area contributed by atoms with E-state index in [0.29, 0.717) is 22.8 Å². The second-order valence-corrected chi connectivity index (χ2v) is 6.07. The van der Waals surface area contributed by atoms with E-state index in [1.54, 1.807) is 44.2 Å². The first-order valence-electron chi connectivity index (χ1n) is 7.25. The third-order valence-corrected chi connectivity index (χ3v) is 4.74. The molecule has 4 nitrogen and oxygen atoms in total. The second-order valence-electron chi connectivity index (χ2n) is 5.06. The summed E-state index contributed by atoms with van der Waals surface area (Å²) in [4.78, 5) is 17.3. The maximum absolute atomic E-state index is 12.7. The third kappa shape index (κ3) is 3.24. The SMILES string of the molecule is COc1ccc(C(=O)C2CSC(c3ccccc3)=N2)cc1OC. The van der Waals surface area contributed by atoms with Crippen LogP contribution in [-0.4, -0.2) is 36.8 Å². The molecule has 1 aliphatic heterocycles. The Morgan fingerprint density at radius 2 is 1.83 bits per heavy atom. The van der Waals surface area contributed by atoms with Crippen molar-refractivity contribution in [3.05, 3.63) is 59.7 Å². The van der Waals surface area contributed by atoms with E-state index in [1.165, 1.54) is 0 Å². The number of methoxy groups -OCH3 is 2. The van der Waals surface area contributed by atoms with E-state index < -0.39 is 0 Å². The molecule has 2 aromatic rings. The zero-order valence-electron chi connectivity index (χ0n) is 13.0. The van der Waals surface area contributed by atoms with Crippen molar-refractivity contribution in [1.82, 2.24) is 0 Å². The van der Waals surface area contributed by atoms with Gasteiger partial charge in [0, 0.05) is 16.9 Å². The van der Waals surface area contributed by atoms with Crippen molar-refractivity contribution < 1.29 is 14.3 Å². The molecule has 1 heterocycles. The van der Waals surface area contributed by atoms with Gasteiger partial charge in [0.05, 0.1) is 19.3 Å². The number of ether oxygens (including phenoxy) is 2. The molecule has 0 N–H and O–H groups in total. The molecule has 0 saturated carbocycles. The topological polar surface area (TPSA) is 47.9 Å². The average Bonchev–Trinajstić information content (AvgIpc) is 3.11. The second kappa shape index (κ2) is 6.87. The summed E-state index contributed by atoms with van der Waals surface area (Å²) in [6.45, 7) is 0. The summed E-state index contributed by atoms with van der Waals surface area (Å²) in [5, 5.41) is 0.921. The highest BCUT2D eigenvalue weighted by molar-refractivity contribution is 8.14. The number of benzene rings is 2. The van der Waals surface area contributed by atoms with Crippen molar-refractivity contribution >= 4 is 22.6 Å². The van der Waals surface area contributed by atoms with Gasteiger partial charge in [-0.2, -0.15) is 0 Å². The molecule has 1 aliphatic rings. The van der Waals surface area contributed by atoms with Gasteiger partial charge in [-0.3, -0.25) is 9.79 Å². The van der Waals surface area contributed by atoms with Crippen molar-refractivity contribution in [1.29, 1.82) is 0 Å². The predicted molar refractivity (Wildman–Crippen MR) is 93.1 cm³/mol. The van der Waals surface area contributed by atoms with Crippen molar-refractivity contribution in [3.8, 4) is 11.5 Å². The normalized spacial score (nSPS) is 16.8. The molecule has 1 atom stereocenters. The highest BCUT2D eigenvalue weighted by Gasteiger charge is 2.27. The highest BCUT2D eigenvalue weighted by atomic mass is 32.2. The Balaban J connectivity index is 1.83. The Morgan fingerprint density at radius 1 is 1.09 bits per heavy atom. The number of hydrogen-bond donors (Lipinski definition) is 0. The van der Waals surface area contributed by atoms with Crippen LogP contribution >= 0.6 is 11.8 Å². The molecule has 1 unspecified atom stereocenters. The van der Waals surface area contributed by atoms with Gasteiger partial charge in [0.1, 0.15) is 6.04 Å². The fraction of sp³-hybridized carbons (Fsp3) is 0.222. The lowest BCUT2D eigenvalue weighted by Gasteiger charge is -2.10. The molecule has 0 saturated heterocycles. The number of rotatable bonds is 5. The molecule has 0 bridgehead atoms. The first kappa shape index (κ1) is 15.6. The van der Waals surface area contributed by atoms with E-state index in [-0.39, 0.29) is 11.8 Å². The minimum Gasteiger partial charge on any atom is -0.493 e. The van der Waals surface area contributed by atoms with Crippen LogP contribution in [-0.2, 0) is 0 Å². The van der Waals surface area contributed by atoms with E-state index in [0.717, 1.165) is 10.6 Å². The van der Waals surface area contributed by atoms with Gasteiger partial charge in [0.25, 0.3) is 0 Å². The van der Waals surface area contributed by atoms with Crippen LogP contribution in [0, 0.1) is 0 Å². The number of ketones is 1. The van der Waals surface area contributed by atoms with Gasteiger partial charge in [-0.15, -0.1) is 11.8 Å². The standard InChI is InChI=1S/C18H17NO3S/c1-21-15-9-8-13(10-16(15)22-2)17(20)14-11-23-18(19-14)12-6-4-3-5-7-12/h3-10,14H,11H2,1-2H3. The van der Waals surface area contributed by atoms with Crippen LogP contribution in [0.1, 0.15) is 15.9 Å². The fourth-order valence-corrected chi connectivity index (χ4v) is 3.47. The lowest BCUT2D eigenvalue weighted by atomic mass is 10.1. The molecule has 0 fully saturated rings. The Bertz CT molecular complexity index is 743. The molecule has 3 rings (SSSR count). The molecule has 0 spiro atoms. The van der Waals surface area contributed by atoms with Gasteiger partial charge < -0.3 is 9.47 Å². The number of hydrogen-bond acceptors (Lipinski definition) is 5. The molecule has 118 valence electrons. The number of carbonyl (C=O) groups excluding carboxylic acids is 1. The summed E-state index contributed by atoms with van der Waals surface area (Å²) >= 11 is 1.62. The quantitative estimate of drug-likeness (QED) is 0.789. The molecule has 0 aliphatic carbocycles. The maximum Gasteiger partial charge on any atom is 0.188 e. The lowest BCUT2D eigenvalue weighted by Crippen LogP contribution is -2.18. The molecule has 2 aromatic carbocycles. The van der Waals surface area contributed by atoms with Crippen molar-refractivity contribution in [2.24, 2.45) is 4.99 Å². The summed E-state index contributed by atoms with van der Waals surface area (Å²) in [6, 6.07) is 14.8. The van der Waals surface area contributed by atoms with Gasteiger partial charge in [-0.25, -0.2) is 0 Å². The Kier molecular flexibility index (Phi) is 4.67. The largest absolute Gasteiger partial charge is 0.493 e. The predicted octanol–water partition coefficient (Wildman–Crippen LogP) is 3.45. The first-order chi connectivity index (χ1) is 11.2. The maximum atomic E-state index is 12.7. The zero-order chi connectivity index (χ0) is 16.2. The summed E-state index contributed by atoms with van der Waals surface area (Å²) < 4.78 is 10.5. The number of aliphatic imine (C=N–C) groups is 1. The number of Topliss-reactive ketones (excluding diaryl/α,β-unsaturated/α-hetero) is 1. The Hall–Kier alpha value is -2.27. The van der Waals surface area contributed by atoms with Gasteiger partial charge in [-0.05, 0) is 18.2 Å². The number of nitrogens with zero attached hydrogens (tertiary/aromatic N) is 1. The van der Waals surface area contributed by atoms with Gasteiger partial charge in [-0.1, -0.05) is 30.3 Å². The summed E-state index contributed by atoms with van der Waals surface area (Å²) in [6.07, 6.45) is 0. The van der Waals surface area contributed by atoms with Gasteiger partial charge in [0.15, 0.2) is 17.3 Å². The van der Waals surface area contributed by atoms with Crippen molar-refractivity contribution in [2.75, 3.05) is 20.0 Å².